The highest BCUT2D eigenvalue weighted by Crippen LogP contribution is 2.52. The van der Waals surface area contributed by atoms with Gasteiger partial charge in [-0.15, -0.1) is 0 Å². The molecule has 0 aromatic rings. The molecule has 0 aliphatic carbocycles. The standard InChI is InChI=1S/C4H12NO2PS/c1-4-5-8(6,7-2)9-3/h4H2,1-3H3,(H,5,6). The zero-order valence-electron chi connectivity index (χ0n) is 5.88. The van der Waals surface area contributed by atoms with Gasteiger partial charge in [0, 0.05) is 13.7 Å². The van der Waals surface area contributed by atoms with Crippen LogP contribution in [0.25, 0.3) is 0 Å². The molecular weight excluding hydrogens is 157 g/mol. The van der Waals surface area contributed by atoms with Crippen molar-refractivity contribution in [2.45, 2.75) is 6.92 Å². The largest absolute Gasteiger partial charge is 0.325 e. The van der Waals surface area contributed by atoms with E-state index in [4.69, 9.17) is 4.52 Å². The van der Waals surface area contributed by atoms with E-state index in [1.54, 1.807) is 6.26 Å². The topological polar surface area (TPSA) is 38.3 Å². The van der Waals surface area contributed by atoms with E-state index in [1.807, 2.05) is 6.92 Å². The van der Waals surface area contributed by atoms with Gasteiger partial charge in [-0.25, -0.2) is 5.09 Å². The number of nitrogens with one attached hydrogen (secondary N) is 1. The van der Waals surface area contributed by atoms with Gasteiger partial charge in [-0.2, -0.15) is 0 Å². The fraction of sp³-hybridized carbons (Fsp3) is 1.00. The molecule has 0 aromatic carbocycles. The van der Waals surface area contributed by atoms with Crippen molar-refractivity contribution in [1.82, 2.24) is 5.09 Å². The lowest BCUT2D eigenvalue weighted by Gasteiger charge is -2.11. The van der Waals surface area contributed by atoms with Crippen LogP contribution in [0, 0.1) is 0 Å². The van der Waals surface area contributed by atoms with Gasteiger partial charge in [0.2, 0.25) is 0 Å². The van der Waals surface area contributed by atoms with Crippen LogP contribution in [0.1, 0.15) is 6.92 Å². The first-order valence-corrected chi connectivity index (χ1v) is 6.10. The molecule has 0 fully saturated rings. The molecule has 9 heavy (non-hydrogen) atoms. The Bertz CT molecular complexity index is 111. The normalized spacial score (nSPS) is 17.2. The highest BCUT2D eigenvalue weighted by atomic mass is 32.7. The third-order valence-electron chi connectivity index (χ3n) is 0.832. The molecule has 0 saturated carbocycles. The van der Waals surface area contributed by atoms with Crippen molar-refractivity contribution in [2.24, 2.45) is 0 Å². The lowest BCUT2D eigenvalue weighted by atomic mass is 10.8. The van der Waals surface area contributed by atoms with Crippen molar-refractivity contribution in [1.29, 1.82) is 0 Å². The second-order valence-electron chi connectivity index (χ2n) is 1.37. The van der Waals surface area contributed by atoms with Gasteiger partial charge >= 0.3 is 6.72 Å². The molecule has 1 atom stereocenters. The fourth-order valence-electron chi connectivity index (χ4n) is 0.397. The minimum atomic E-state index is -2.51. The fourth-order valence-corrected chi connectivity index (χ4v) is 2.41. The summed E-state index contributed by atoms with van der Waals surface area (Å²) < 4.78 is 15.9. The molecule has 0 aliphatic heterocycles. The van der Waals surface area contributed by atoms with E-state index in [2.05, 4.69) is 5.09 Å². The van der Waals surface area contributed by atoms with Crippen molar-refractivity contribution >= 4 is 18.1 Å². The first kappa shape index (κ1) is 9.50. The first-order valence-electron chi connectivity index (χ1n) is 2.65. The molecule has 3 nitrogen and oxygen atoms in total. The van der Waals surface area contributed by atoms with Crippen molar-refractivity contribution in [3.63, 3.8) is 0 Å². The van der Waals surface area contributed by atoms with Gasteiger partial charge in [0.15, 0.2) is 0 Å². The zero-order valence-corrected chi connectivity index (χ0v) is 7.59. The third-order valence-corrected chi connectivity index (χ3v) is 4.77. The van der Waals surface area contributed by atoms with Gasteiger partial charge in [0.1, 0.15) is 0 Å². The summed E-state index contributed by atoms with van der Waals surface area (Å²) in [7, 11) is 1.44. The second-order valence-corrected chi connectivity index (χ2v) is 5.95. The van der Waals surface area contributed by atoms with Gasteiger partial charge in [-0.1, -0.05) is 18.3 Å². The van der Waals surface area contributed by atoms with Crippen LogP contribution in [-0.2, 0) is 9.09 Å². The summed E-state index contributed by atoms with van der Waals surface area (Å²) in [5, 5.41) is 2.75. The molecule has 0 rings (SSSR count). The van der Waals surface area contributed by atoms with Gasteiger partial charge < -0.3 is 4.52 Å². The summed E-state index contributed by atoms with van der Waals surface area (Å²) in [4.78, 5) is 0. The molecule has 0 amide bonds. The number of hydrogen-bond acceptors (Lipinski definition) is 3. The van der Waals surface area contributed by atoms with E-state index < -0.39 is 6.72 Å². The number of hydrogen-bond donors (Lipinski definition) is 1. The first-order chi connectivity index (χ1) is 4.18. The molecule has 1 unspecified atom stereocenters. The predicted octanol–water partition coefficient (Wildman–Crippen LogP) is 1.71. The summed E-state index contributed by atoms with van der Waals surface area (Å²) in [5.74, 6) is 0. The molecule has 0 spiro atoms. The van der Waals surface area contributed by atoms with Crippen LogP contribution in [0.4, 0.5) is 0 Å². The highest BCUT2D eigenvalue weighted by Gasteiger charge is 2.16. The Hall–Kier alpha value is 0.500. The van der Waals surface area contributed by atoms with E-state index in [0.717, 1.165) is 0 Å². The minimum Gasteiger partial charge on any atom is -0.313 e. The maximum absolute atomic E-state index is 11.2. The maximum atomic E-state index is 11.2. The third kappa shape index (κ3) is 3.26. The zero-order chi connectivity index (χ0) is 7.33. The van der Waals surface area contributed by atoms with Crippen LogP contribution < -0.4 is 5.09 Å². The lowest BCUT2D eigenvalue weighted by Crippen LogP contribution is -2.07. The Balaban J connectivity index is 3.78. The smallest absolute Gasteiger partial charge is 0.313 e. The van der Waals surface area contributed by atoms with Crippen LogP contribution >= 0.6 is 18.1 Å². The molecule has 0 saturated heterocycles. The van der Waals surface area contributed by atoms with E-state index in [9.17, 15) is 4.57 Å². The van der Waals surface area contributed by atoms with Crippen LogP contribution in [0.15, 0.2) is 0 Å². The monoisotopic (exact) mass is 169 g/mol. The Labute approximate surface area is 59.8 Å². The summed E-state index contributed by atoms with van der Waals surface area (Å²) >= 11 is 1.22. The van der Waals surface area contributed by atoms with Gasteiger partial charge in [-0.05, 0) is 6.26 Å². The average molecular weight is 169 g/mol. The molecule has 0 radical (unpaired) electrons. The highest BCUT2D eigenvalue weighted by molar-refractivity contribution is 8.55. The Kier molecular flexibility index (Phi) is 4.58. The van der Waals surface area contributed by atoms with Crippen LogP contribution in [-0.4, -0.2) is 19.9 Å². The summed E-state index contributed by atoms with van der Waals surface area (Å²) in [5.41, 5.74) is 0. The van der Waals surface area contributed by atoms with E-state index in [-0.39, 0.29) is 0 Å². The summed E-state index contributed by atoms with van der Waals surface area (Å²) in [6.45, 7) is 0.0489. The molecule has 1 N–H and O–H groups in total. The molecule has 0 bridgehead atoms. The molecular formula is C4H12NO2PS. The molecule has 0 aliphatic rings. The van der Waals surface area contributed by atoms with Crippen LogP contribution in [0.3, 0.4) is 0 Å². The maximum Gasteiger partial charge on any atom is 0.325 e. The molecule has 0 heterocycles. The molecule has 5 heteroatoms. The van der Waals surface area contributed by atoms with Gasteiger partial charge in [0.05, 0.1) is 0 Å². The second kappa shape index (κ2) is 4.34. The van der Waals surface area contributed by atoms with E-state index in [1.165, 1.54) is 18.5 Å². The Morgan fingerprint density at radius 3 is 2.44 bits per heavy atom. The van der Waals surface area contributed by atoms with Crippen molar-refractivity contribution < 1.29 is 9.09 Å². The molecule has 56 valence electrons. The number of rotatable bonds is 4. The minimum absolute atomic E-state index is 0.673. The van der Waals surface area contributed by atoms with E-state index >= 15 is 0 Å². The van der Waals surface area contributed by atoms with Crippen LogP contribution in [0.5, 0.6) is 0 Å². The summed E-state index contributed by atoms with van der Waals surface area (Å²) in [6, 6.07) is 0. The van der Waals surface area contributed by atoms with Crippen LogP contribution in [0.2, 0.25) is 0 Å². The van der Waals surface area contributed by atoms with Crippen molar-refractivity contribution in [3.05, 3.63) is 0 Å². The average Bonchev–Trinajstić information content (AvgIpc) is 1.89. The van der Waals surface area contributed by atoms with E-state index in [0.29, 0.717) is 6.54 Å². The van der Waals surface area contributed by atoms with Crippen molar-refractivity contribution in [2.75, 3.05) is 19.9 Å². The Morgan fingerprint density at radius 1 is 1.78 bits per heavy atom. The van der Waals surface area contributed by atoms with Crippen molar-refractivity contribution in [3.8, 4) is 0 Å². The predicted molar refractivity (Wildman–Crippen MR) is 41.8 cm³/mol. The molecule has 0 aromatic heterocycles. The Morgan fingerprint density at radius 2 is 2.33 bits per heavy atom. The lowest BCUT2D eigenvalue weighted by molar-refractivity contribution is 0.400. The quantitative estimate of drug-likeness (QED) is 0.650. The SMILES string of the molecule is CCNP(=O)(OC)SC. The van der Waals surface area contributed by atoms with Gasteiger partial charge in [-0.3, -0.25) is 4.57 Å². The summed E-state index contributed by atoms with van der Waals surface area (Å²) in [6.07, 6.45) is 1.76. The van der Waals surface area contributed by atoms with Gasteiger partial charge in [0.25, 0.3) is 0 Å².